The van der Waals surface area contributed by atoms with Crippen LogP contribution in [0.15, 0.2) is 30.5 Å². The predicted octanol–water partition coefficient (Wildman–Crippen LogP) is 2.92. The maximum absolute atomic E-state index is 13.0. The summed E-state index contributed by atoms with van der Waals surface area (Å²) in [5, 5.41) is 1.33. The second kappa shape index (κ2) is 7.49. The summed E-state index contributed by atoms with van der Waals surface area (Å²) >= 11 is 0. The number of hydrogen-bond donors (Lipinski definition) is 1. The van der Waals surface area contributed by atoms with Gasteiger partial charge in [-0.3, -0.25) is 9.69 Å². The van der Waals surface area contributed by atoms with Gasteiger partial charge in [0.25, 0.3) is 0 Å². The molecule has 0 saturated heterocycles. The summed E-state index contributed by atoms with van der Waals surface area (Å²) < 4.78 is 5.10. The van der Waals surface area contributed by atoms with Crippen molar-refractivity contribution in [1.29, 1.82) is 0 Å². The predicted molar refractivity (Wildman–Crippen MR) is 109 cm³/mol. The molecule has 5 nitrogen and oxygen atoms in total. The highest BCUT2D eigenvalue weighted by Gasteiger charge is 2.36. The first kappa shape index (κ1) is 18.3. The first-order valence-electron chi connectivity index (χ1n) is 9.85. The van der Waals surface area contributed by atoms with Crippen LogP contribution in [0.3, 0.4) is 0 Å². The Morgan fingerprint density at radius 2 is 2.22 bits per heavy atom. The number of H-pyrrole nitrogens is 1. The monoisotopic (exact) mass is 367 g/mol. The Kier molecular flexibility index (Phi) is 5.06. The summed E-state index contributed by atoms with van der Waals surface area (Å²) in [5.41, 5.74) is 5.17. The zero-order chi connectivity index (χ0) is 19.0. The van der Waals surface area contributed by atoms with Gasteiger partial charge in [-0.25, -0.2) is 0 Å². The van der Waals surface area contributed by atoms with Gasteiger partial charge in [-0.2, -0.15) is 0 Å². The lowest BCUT2D eigenvalue weighted by Crippen LogP contribution is -2.47. The van der Waals surface area contributed by atoms with Gasteiger partial charge in [0.05, 0.1) is 5.92 Å². The zero-order valence-electron chi connectivity index (χ0n) is 16.5. The Balaban J connectivity index is 1.59. The largest absolute Gasteiger partial charge is 0.385 e. The van der Waals surface area contributed by atoms with Crippen molar-refractivity contribution in [3.05, 3.63) is 41.6 Å². The molecule has 1 aromatic carbocycles. The molecular formula is C22H29N3O2. The number of methoxy groups -OCH3 is 1. The second-order valence-corrected chi connectivity index (χ2v) is 7.89. The SMILES string of the molecule is COCCCCN(C)C(=O)[C@@H]1C=C2c3cccc4[nH]cc(c34)C[C@H]2N(C)C1. The lowest BCUT2D eigenvalue weighted by atomic mass is 9.79. The number of aromatic nitrogens is 1. The molecule has 1 aliphatic heterocycles. The fourth-order valence-corrected chi connectivity index (χ4v) is 4.59. The number of amides is 1. The standard InChI is InChI=1S/C22H29N3O2/c1-24(9-4-5-10-27-3)22(26)16-11-18-17-7-6-8-19-21(17)15(13-23-19)12-20(18)25(2)14-16/h6-8,11,13,16,20,23H,4-5,9-10,12,14H2,1-3H3/t16-,20-/m1/s1. The number of carbonyl (C=O) groups is 1. The number of likely N-dealkylation sites (N-methyl/N-ethyl adjacent to an activating group) is 1. The molecule has 2 aliphatic rings. The van der Waals surface area contributed by atoms with Crippen molar-refractivity contribution < 1.29 is 9.53 Å². The average Bonchev–Trinajstić information content (AvgIpc) is 3.09. The van der Waals surface area contributed by atoms with Gasteiger partial charge >= 0.3 is 0 Å². The van der Waals surface area contributed by atoms with Crippen molar-refractivity contribution >= 4 is 22.4 Å². The smallest absolute Gasteiger partial charge is 0.230 e. The maximum Gasteiger partial charge on any atom is 0.230 e. The zero-order valence-corrected chi connectivity index (χ0v) is 16.5. The van der Waals surface area contributed by atoms with Crippen LogP contribution in [0.5, 0.6) is 0 Å². The van der Waals surface area contributed by atoms with Crippen molar-refractivity contribution in [2.24, 2.45) is 5.92 Å². The molecule has 0 fully saturated rings. The van der Waals surface area contributed by atoms with E-state index in [0.717, 1.165) is 39.0 Å². The minimum Gasteiger partial charge on any atom is -0.385 e. The first-order chi connectivity index (χ1) is 13.1. The van der Waals surface area contributed by atoms with E-state index in [4.69, 9.17) is 4.74 Å². The van der Waals surface area contributed by atoms with Crippen LogP contribution in [0, 0.1) is 5.92 Å². The lowest BCUT2D eigenvalue weighted by molar-refractivity contribution is -0.133. The molecule has 1 amide bonds. The Morgan fingerprint density at radius 3 is 3.04 bits per heavy atom. The molecule has 0 bridgehead atoms. The molecule has 144 valence electrons. The Bertz CT molecular complexity index is 870. The molecule has 1 aliphatic carbocycles. The molecule has 0 unspecified atom stereocenters. The van der Waals surface area contributed by atoms with Gasteiger partial charge < -0.3 is 14.6 Å². The van der Waals surface area contributed by atoms with E-state index in [0.29, 0.717) is 6.04 Å². The molecule has 1 aromatic heterocycles. The summed E-state index contributed by atoms with van der Waals surface area (Å²) in [4.78, 5) is 20.7. The average molecular weight is 367 g/mol. The van der Waals surface area contributed by atoms with Crippen molar-refractivity contribution in [2.75, 3.05) is 40.9 Å². The van der Waals surface area contributed by atoms with Crippen LogP contribution in [0.2, 0.25) is 0 Å². The topological polar surface area (TPSA) is 48.6 Å². The molecule has 0 spiro atoms. The van der Waals surface area contributed by atoms with E-state index in [9.17, 15) is 4.79 Å². The highest BCUT2D eigenvalue weighted by molar-refractivity contribution is 5.99. The highest BCUT2D eigenvalue weighted by Crippen LogP contribution is 2.40. The first-order valence-corrected chi connectivity index (χ1v) is 9.85. The summed E-state index contributed by atoms with van der Waals surface area (Å²) in [6.45, 7) is 2.32. The molecule has 0 radical (unpaired) electrons. The molecule has 4 rings (SSSR count). The van der Waals surface area contributed by atoms with E-state index in [2.05, 4.69) is 47.4 Å². The normalized spacial score (nSPS) is 21.8. The highest BCUT2D eigenvalue weighted by atomic mass is 16.5. The Hall–Kier alpha value is -2.11. The fraction of sp³-hybridized carbons (Fsp3) is 0.500. The van der Waals surface area contributed by atoms with E-state index in [1.165, 1.54) is 27.6 Å². The van der Waals surface area contributed by atoms with E-state index in [1.54, 1.807) is 7.11 Å². The van der Waals surface area contributed by atoms with Crippen molar-refractivity contribution in [2.45, 2.75) is 25.3 Å². The van der Waals surface area contributed by atoms with Gasteiger partial charge in [-0.1, -0.05) is 18.2 Å². The third-order valence-corrected chi connectivity index (χ3v) is 6.05. The van der Waals surface area contributed by atoms with Crippen LogP contribution in [-0.2, 0) is 16.0 Å². The van der Waals surface area contributed by atoms with Crippen molar-refractivity contribution in [1.82, 2.24) is 14.8 Å². The molecule has 0 saturated carbocycles. The van der Waals surface area contributed by atoms with Crippen LogP contribution >= 0.6 is 0 Å². The van der Waals surface area contributed by atoms with Crippen molar-refractivity contribution in [3.8, 4) is 0 Å². The number of benzene rings is 1. The number of hydrogen-bond acceptors (Lipinski definition) is 3. The van der Waals surface area contributed by atoms with Crippen LogP contribution in [0.25, 0.3) is 16.5 Å². The van der Waals surface area contributed by atoms with E-state index >= 15 is 0 Å². The second-order valence-electron chi connectivity index (χ2n) is 7.89. The van der Waals surface area contributed by atoms with Gasteiger partial charge in [0.15, 0.2) is 0 Å². The molecule has 2 atom stereocenters. The summed E-state index contributed by atoms with van der Waals surface area (Å²) in [7, 11) is 5.79. The number of nitrogens with zero attached hydrogens (tertiary/aromatic N) is 2. The van der Waals surface area contributed by atoms with Crippen LogP contribution in [0.4, 0.5) is 0 Å². The molecule has 2 heterocycles. The van der Waals surface area contributed by atoms with E-state index in [-0.39, 0.29) is 11.8 Å². The quantitative estimate of drug-likeness (QED) is 0.799. The van der Waals surface area contributed by atoms with Gasteiger partial charge in [0.2, 0.25) is 5.91 Å². The number of rotatable bonds is 6. The van der Waals surface area contributed by atoms with E-state index < -0.39 is 0 Å². The maximum atomic E-state index is 13.0. The molecule has 2 aromatic rings. The fourth-order valence-electron chi connectivity index (χ4n) is 4.59. The van der Waals surface area contributed by atoms with Crippen LogP contribution in [0.1, 0.15) is 24.0 Å². The third-order valence-electron chi connectivity index (χ3n) is 6.05. The number of nitrogens with one attached hydrogen (secondary N) is 1. The lowest BCUT2D eigenvalue weighted by Gasteiger charge is -2.40. The summed E-state index contributed by atoms with van der Waals surface area (Å²) in [5.74, 6) is 0.140. The Labute approximate surface area is 161 Å². The van der Waals surface area contributed by atoms with Crippen molar-refractivity contribution in [3.63, 3.8) is 0 Å². The minimum atomic E-state index is -0.0792. The molecule has 27 heavy (non-hydrogen) atoms. The van der Waals surface area contributed by atoms with Crippen LogP contribution < -0.4 is 0 Å². The molecule has 1 N–H and O–H groups in total. The van der Waals surface area contributed by atoms with Gasteiger partial charge in [-0.15, -0.1) is 0 Å². The number of fused-ring (bicyclic) bond motifs is 2. The number of unbranched alkanes of at least 4 members (excludes halogenated alkanes) is 1. The van der Waals surface area contributed by atoms with E-state index in [1.807, 2.05) is 11.9 Å². The number of aromatic amines is 1. The summed E-state index contributed by atoms with van der Waals surface area (Å²) in [6.07, 6.45) is 7.35. The molecular weight excluding hydrogens is 338 g/mol. The Morgan fingerprint density at radius 1 is 1.37 bits per heavy atom. The third kappa shape index (κ3) is 3.30. The number of carbonyl (C=O) groups excluding carboxylic acids is 1. The summed E-state index contributed by atoms with van der Waals surface area (Å²) in [6, 6.07) is 6.79. The van der Waals surface area contributed by atoms with Gasteiger partial charge in [0, 0.05) is 57.0 Å². The number of ether oxygens (including phenoxy) is 1. The molecule has 5 heteroatoms. The van der Waals surface area contributed by atoms with Gasteiger partial charge in [-0.05, 0) is 49.1 Å². The minimum absolute atomic E-state index is 0.0792. The van der Waals surface area contributed by atoms with Gasteiger partial charge in [0.1, 0.15) is 0 Å². The van der Waals surface area contributed by atoms with Crippen LogP contribution in [-0.4, -0.2) is 67.6 Å².